The summed E-state index contributed by atoms with van der Waals surface area (Å²) in [5, 5.41) is 8.12. The first-order valence-electron chi connectivity index (χ1n) is 1.97. The summed E-state index contributed by atoms with van der Waals surface area (Å²) in [6.45, 7) is 4.46. The molecule has 42 valence electrons. The summed E-state index contributed by atoms with van der Waals surface area (Å²) in [6.07, 6.45) is 0. The van der Waals surface area contributed by atoms with Crippen molar-refractivity contribution in [3.8, 4) is 0 Å². The first-order chi connectivity index (χ1) is 3.15. The van der Waals surface area contributed by atoms with Crippen LogP contribution in [0.1, 0.15) is 6.92 Å². The summed E-state index contributed by atoms with van der Waals surface area (Å²) in [7, 11) is 0.904. The second-order valence-electron chi connectivity index (χ2n) is 1.24. The van der Waals surface area contributed by atoms with Gasteiger partial charge in [-0.25, -0.2) is 4.79 Å². The van der Waals surface area contributed by atoms with Crippen LogP contribution in [-0.4, -0.2) is 27.0 Å². The Morgan fingerprint density at radius 3 is 2.00 bits per heavy atom. The topological polar surface area (TPSA) is 37.3 Å². The van der Waals surface area contributed by atoms with Crippen LogP contribution >= 0.6 is 0 Å². The van der Waals surface area contributed by atoms with Crippen LogP contribution in [0.25, 0.3) is 0 Å². The third kappa shape index (κ3) is 532. The Morgan fingerprint density at radius 2 is 2.00 bits per heavy atom. The minimum absolute atomic E-state index is 0.0278. The van der Waals surface area contributed by atoms with Gasteiger partial charge in [0.15, 0.2) is 0 Å². The lowest BCUT2D eigenvalue weighted by Gasteiger charge is -1.80. The van der Waals surface area contributed by atoms with E-state index in [1.54, 1.807) is 6.92 Å². The number of aliphatic hydroxyl groups excluding tert-OH is 1. The van der Waals surface area contributed by atoms with Gasteiger partial charge in [-0.05, 0) is 13.5 Å². The van der Waals surface area contributed by atoms with Crippen molar-refractivity contribution in [3.05, 3.63) is 6.58 Å². The van der Waals surface area contributed by atoms with E-state index in [4.69, 9.17) is 9.90 Å². The summed E-state index contributed by atoms with van der Waals surface area (Å²) in [4.78, 5) is 8.57. The number of rotatable bonds is 0. The minimum Gasteiger partial charge on any atom is -0.398 e. The molecule has 0 radical (unpaired) electrons. The molecule has 0 aromatic rings. The minimum atomic E-state index is -0.0278. The smallest absolute Gasteiger partial charge is 0.116 e. The maximum atomic E-state index is 8.57. The van der Waals surface area contributed by atoms with E-state index in [-0.39, 0.29) is 5.73 Å². The molecule has 0 aromatic heterocycles. The lowest BCUT2D eigenvalue weighted by Crippen LogP contribution is -1.94. The van der Waals surface area contributed by atoms with Gasteiger partial charge in [0.25, 0.3) is 0 Å². The number of aliphatic hydroxyl groups is 1. The fraction of sp³-hybridized carbons (Fsp3) is 0.500. The Labute approximate surface area is 46.3 Å². The highest BCUT2D eigenvalue weighted by molar-refractivity contribution is 6.10. The molecule has 0 saturated carbocycles. The van der Waals surface area contributed by atoms with E-state index in [9.17, 15) is 0 Å². The molecule has 0 aromatic carbocycles. The number of hydrogen-bond acceptors (Lipinski definition) is 2. The second-order valence-corrected chi connectivity index (χ2v) is 2.91. The largest absolute Gasteiger partial charge is 0.398 e. The van der Waals surface area contributed by atoms with Crippen LogP contribution in [0.3, 0.4) is 0 Å². The first-order valence-corrected chi connectivity index (χ1v) is 3.13. The normalized spacial score (nSPS) is 10.6. The van der Waals surface area contributed by atoms with Gasteiger partial charge in [-0.3, -0.25) is 0 Å². The molecule has 0 spiro atoms. The van der Waals surface area contributed by atoms with Gasteiger partial charge >= 0.3 is 0 Å². The van der Waals surface area contributed by atoms with E-state index < -0.39 is 0 Å². The van der Waals surface area contributed by atoms with Crippen molar-refractivity contribution in [1.29, 1.82) is 0 Å². The van der Waals surface area contributed by atoms with Crippen LogP contribution in [-0.2, 0) is 4.79 Å². The predicted molar refractivity (Wildman–Crippen MR) is 32.9 cm³/mol. The quantitative estimate of drug-likeness (QED) is 0.317. The molecule has 1 N–H and O–H groups in total. The molecule has 0 heterocycles. The third-order valence-electron chi connectivity index (χ3n) is 0. The highest BCUT2D eigenvalue weighted by Gasteiger charge is 1.69. The third-order valence-corrected chi connectivity index (χ3v) is 0. The molecule has 0 saturated heterocycles. The van der Waals surface area contributed by atoms with Crippen LogP contribution in [0.2, 0.25) is 0 Å². The van der Waals surface area contributed by atoms with Crippen molar-refractivity contribution in [2.24, 2.45) is 0 Å². The molecule has 0 aliphatic heterocycles. The second kappa shape index (κ2) is 9.16. The van der Waals surface area contributed by atoms with Crippen molar-refractivity contribution < 1.29 is 9.90 Å². The highest BCUT2D eigenvalue weighted by Crippen LogP contribution is 1.56. The van der Waals surface area contributed by atoms with Crippen LogP contribution in [0.5, 0.6) is 0 Å². The van der Waals surface area contributed by atoms with E-state index in [2.05, 4.69) is 6.58 Å². The first kappa shape index (κ1) is 9.80. The van der Waals surface area contributed by atoms with Gasteiger partial charge in [-0.1, -0.05) is 0 Å². The molecular weight excluding hydrogens is 108 g/mol. The van der Waals surface area contributed by atoms with Gasteiger partial charge in [0.1, 0.15) is 5.94 Å². The van der Waals surface area contributed by atoms with E-state index in [0.717, 1.165) is 10.2 Å². The van der Waals surface area contributed by atoms with Gasteiger partial charge in [-0.2, -0.15) is 0 Å². The van der Waals surface area contributed by atoms with Gasteiger partial charge < -0.3 is 5.11 Å². The molecule has 0 aliphatic carbocycles. The summed E-state index contributed by atoms with van der Waals surface area (Å²) < 4.78 is 0. The zero-order valence-corrected chi connectivity index (χ0v) is 6.64. The lowest BCUT2D eigenvalue weighted by molar-refractivity contribution is 0.276. The average molecular weight is 118 g/mol. The fourth-order valence-corrected chi connectivity index (χ4v) is 0. The molecule has 0 bridgehead atoms. The molecule has 0 fully saturated rings. The van der Waals surface area contributed by atoms with Crippen molar-refractivity contribution in [1.82, 2.24) is 0 Å². The Balaban J connectivity index is 0. The van der Waals surface area contributed by atoms with E-state index in [1.165, 1.54) is 5.94 Å². The molecule has 0 aliphatic rings. The SMILES string of the molecule is C=C=O.CC(O)[SiH3]. The summed E-state index contributed by atoms with van der Waals surface area (Å²) >= 11 is 0. The molecule has 0 amide bonds. The predicted octanol–water partition coefficient (Wildman–Crippen LogP) is -1.31. The molecular formula is C4H10O2Si. The van der Waals surface area contributed by atoms with Crippen molar-refractivity contribution in [2.45, 2.75) is 12.7 Å². The van der Waals surface area contributed by atoms with Gasteiger partial charge in [0, 0.05) is 16.0 Å². The van der Waals surface area contributed by atoms with E-state index in [1.807, 2.05) is 0 Å². The Bertz CT molecular complexity index is 52.0. The van der Waals surface area contributed by atoms with Crippen LogP contribution in [0.4, 0.5) is 0 Å². The highest BCUT2D eigenvalue weighted by atomic mass is 28.1. The van der Waals surface area contributed by atoms with Crippen molar-refractivity contribution in [3.63, 3.8) is 0 Å². The summed E-state index contributed by atoms with van der Waals surface area (Å²) in [6, 6.07) is 0. The van der Waals surface area contributed by atoms with Crippen molar-refractivity contribution in [2.75, 3.05) is 0 Å². The molecule has 1 unspecified atom stereocenters. The standard InChI is InChI=1S/C2H8OSi.C2H2O/c1-2(3)4;1-2-3/h2-3H,1,4H3;1H2. The molecule has 0 rings (SSSR count). The fourth-order valence-electron chi connectivity index (χ4n) is 0. The Kier molecular flexibility index (Phi) is 12.8. The van der Waals surface area contributed by atoms with Crippen molar-refractivity contribution >= 4 is 16.2 Å². The summed E-state index contributed by atoms with van der Waals surface area (Å²) in [5.41, 5.74) is -0.0278. The molecule has 1 atom stereocenters. The zero-order valence-electron chi connectivity index (χ0n) is 4.64. The molecule has 3 heteroatoms. The van der Waals surface area contributed by atoms with Crippen LogP contribution in [0.15, 0.2) is 6.58 Å². The molecule has 7 heavy (non-hydrogen) atoms. The lowest BCUT2D eigenvalue weighted by atomic mass is 10.9. The van der Waals surface area contributed by atoms with Gasteiger partial charge in [0.05, 0.1) is 0 Å². The zero-order chi connectivity index (χ0) is 6.28. The Hall–Kier alpha value is -0.373. The van der Waals surface area contributed by atoms with Crippen LogP contribution < -0.4 is 0 Å². The number of carbonyl (C=O) groups excluding carboxylic acids is 1. The Morgan fingerprint density at radius 1 is 2.00 bits per heavy atom. The van der Waals surface area contributed by atoms with E-state index in [0.29, 0.717) is 0 Å². The number of hydrogen-bond donors (Lipinski definition) is 1. The maximum Gasteiger partial charge on any atom is 0.116 e. The van der Waals surface area contributed by atoms with Gasteiger partial charge in [0.2, 0.25) is 0 Å². The monoisotopic (exact) mass is 118 g/mol. The summed E-state index contributed by atoms with van der Waals surface area (Å²) in [5.74, 6) is 1.25. The maximum absolute atomic E-state index is 8.57. The van der Waals surface area contributed by atoms with Gasteiger partial charge in [-0.15, -0.1) is 0 Å². The van der Waals surface area contributed by atoms with Crippen LogP contribution in [0, 0.1) is 0 Å². The van der Waals surface area contributed by atoms with E-state index >= 15 is 0 Å². The average Bonchev–Trinajstić information content (AvgIpc) is 1.33. The molecule has 2 nitrogen and oxygen atoms in total.